The predicted octanol–water partition coefficient (Wildman–Crippen LogP) is 8.91. The summed E-state index contributed by atoms with van der Waals surface area (Å²) in [6, 6.07) is 10.1. The number of rotatable bonds is 8. The van der Waals surface area contributed by atoms with Crippen LogP contribution in [-0.4, -0.2) is 7.11 Å². The first-order valence-corrected chi connectivity index (χ1v) is 12.7. The summed E-state index contributed by atoms with van der Waals surface area (Å²) >= 11 is 0. The van der Waals surface area contributed by atoms with E-state index in [1.165, 1.54) is 57.8 Å². The number of fused-ring (bicyclic) bond motifs is 1. The van der Waals surface area contributed by atoms with Crippen molar-refractivity contribution >= 4 is 0 Å². The van der Waals surface area contributed by atoms with Crippen LogP contribution in [0.15, 0.2) is 36.4 Å². The van der Waals surface area contributed by atoms with Gasteiger partial charge in [-0.25, -0.2) is 8.78 Å². The summed E-state index contributed by atoms with van der Waals surface area (Å²) in [7, 11) is 1.58. The minimum Gasteiger partial charge on any atom is -0.497 e. The van der Waals surface area contributed by atoms with E-state index in [-0.39, 0.29) is 11.5 Å². The lowest BCUT2D eigenvalue weighted by Gasteiger charge is -2.42. The molecule has 0 spiro atoms. The molecular weight excluding hydrogens is 402 g/mol. The van der Waals surface area contributed by atoms with Crippen molar-refractivity contribution in [2.24, 2.45) is 17.8 Å². The molecule has 174 valence electrons. The molecule has 0 bridgehead atoms. The largest absolute Gasteiger partial charge is 0.497 e. The summed E-state index contributed by atoms with van der Waals surface area (Å²) in [5.41, 5.74) is 1.46. The standard InChI is InChI=1S/C29H38F2O/c1-3-4-5-6-7-20-8-9-23-17-24(11-10-22(23)16-20)25-18-27(30)29(28(31)19-25)21-12-14-26(32-2)15-13-21/h12-15,18-20,22-24H,3-11,16-17H2,1-2H3/t20?,22-,23-,24-/m1/s1. The van der Waals surface area contributed by atoms with Gasteiger partial charge in [-0.3, -0.25) is 0 Å². The molecule has 2 aromatic rings. The lowest BCUT2D eigenvalue weighted by atomic mass is 9.63. The van der Waals surface area contributed by atoms with Crippen molar-refractivity contribution in [1.29, 1.82) is 0 Å². The minimum atomic E-state index is -0.455. The van der Waals surface area contributed by atoms with Crippen molar-refractivity contribution in [3.05, 3.63) is 53.6 Å². The quantitative estimate of drug-likeness (QED) is 0.372. The van der Waals surface area contributed by atoms with Gasteiger partial charge in [0.25, 0.3) is 0 Å². The number of hydrogen-bond donors (Lipinski definition) is 0. The van der Waals surface area contributed by atoms with Crippen LogP contribution in [0.25, 0.3) is 11.1 Å². The van der Waals surface area contributed by atoms with Gasteiger partial charge >= 0.3 is 0 Å². The molecular formula is C29H38F2O. The third-order valence-electron chi connectivity index (χ3n) is 8.10. The average Bonchev–Trinajstić information content (AvgIpc) is 2.81. The monoisotopic (exact) mass is 440 g/mol. The molecule has 2 aromatic carbocycles. The van der Waals surface area contributed by atoms with Crippen molar-refractivity contribution in [2.75, 3.05) is 7.11 Å². The summed E-state index contributed by atoms with van der Waals surface area (Å²) in [6.45, 7) is 2.27. The van der Waals surface area contributed by atoms with Crippen molar-refractivity contribution in [1.82, 2.24) is 0 Å². The molecule has 1 nitrogen and oxygen atoms in total. The predicted molar refractivity (Wildman–Crippen MR) is 128 cm³/mol. The zero-order chi connectivity index (χ0) is 22.5. The molecule has 2 aliphatic rings. The number of unbranched alkanes of at least 4 members (excludes halogenated alkanes) is 3. The smallest absolute Gasteiger partial charge is 0.134 e. The second-order valence-corrected chi connectivity index (χ2v) is 10.1. The first-order valence-electron chi connectivity index (χ1n) is 12.7. The summed E-state index contributed by atoms with van der Waals surface area (Å²) in [5, 5.41) is 0. The van der Waals surface area contributed by atoms with E-state index in [1.54, 1.807) is 43.5 Å². The summed E-state index contributed by atoms with van der Waals surface area (Å²) in [6.07, 6.45) is 14.2. The first-order chi connectivity index (χ1) is 15.6. The van der Waals surface area contributed by atoms with Gasteiger partial charge in [0.05, 0.1) is 12.7 Å². The van der Waals surface area contributed by atoms with E-state index in [1.807, 2.05) is 0 Å². The maximum atomic E-state index is 15.0. The number of benzene rings is 2. The summed E-state index contributed by atoms with van der Waals surface area (Å²) in [4.78, 5) is 0. The Morgan fingerprint density at radius 3 is 2.22 bits per heavy atom. The van der Waals surface area contributed by atoms with Gasteiger partial charge < -0.3 is 4.74 Å². The number of methoxy groups -OCH3 is 1. The van der Waals surface area contributed by atoms with E-state index in [9.17, 15) is 0 Å². The Morgan fingerprint density at radius 1 is 0.844 bits per heavy atom. The maximum Gasteiger partial charge on any atom is 0.134 e. The zero-order valence-electron chi connectivity index (χ0n) is 19.7. The van der Waals surface area contributed by atoms with E-state index in [2.05, 4.69) is 6.92 Å². The zero-order valence-corrected chi connectivity index (χ0v) is 19.7. The van der Waals surface area contributed by atoms with Gasteiger partial charge in [-0.1, -0.05) is 57.6 Å². The Morgan fingerprint density at radius 2 is 1.53 bits per heavy atom. The SMILES string of the molecule is CCCCCCC1CC[C@@H]2C[C@H](c3cc(F)c(-c4ccc(OC)cc4)c(F)c3)CC[C@@H]2C1. The molecule has 4 rings (SSSR count). The second kappa shape index (κ2) is 10.8. The van der Waals surface area contributed by atoms with E-state index >= 15 is 8.78 Å². The Bertz CT molecular complexity index is 852. The average molecular weight is 441 g/mol. The Hall–Kier alpha value is -1.90. The van der Waals surface area contributed by atoms with Crippen LogP contribution >= 0.6 is 0 Å². The molecule has 3 heteroatoms. The highest BCUT2D eigenvalue weighted by Gasteiger charge is 2.36. The molecule has 0 saturated heterocycles. The molecule has 0 amide bonds. The fourth-order valence-electron chi connectivity index (χ4n) is 6.27. The highest BCUT2D eigenvalue weighted by molar-refractivity contribution is 5.66. The fourth-order valence-corrected chi connectivity index (χ4v) is 6.27. The Balaban J connectivity index is 1.39. The van der Waals surface area contributed by atoms with Crippen LogP contribution in [-0.2, 0) is 0 Å². The lowest BCUT2D eigenvalue weighted by molar-refractivity contribution is 0.113. The third-order valence-corrected chi connectivity index (χ3v) is 8.10. The molecule has 0 heterocycles. The maximum absolute atomic E-state index is 15.0. The third kappa shape index (κ3) is 5.35. The topological polar surface area (TPSA) is 9.23 Å². The number of hydrogen-bond acceptors (Lipinski definition) is 1. The Labute approximate surface area is 192 Å². The van der Waals surface area contributed by atoms with Crippen molar-refractivity contribution in [3.63, 3.8) is 0 Å². The van der Waals surface area contributed by atoms with Crippen LogP contribution in [0.4, 0.5) is 8.78 Å². The summed E-state index contributed by atoms with van der Waals surface area (Å²) < 4.78 is 35.2. The molecule has 2 fully saturated rings. The fraction of sp³-hybridized carbons (Fsp3) is 0.586. The van der Waals surface area contributed by atoms with Crippen LogP contribution in [0, 0.1) is 29.4 Å². The van der Waals surface area contributed by atoms with Crippen LogP contribution in [0.1, 0.15) is 89.0 Å². The van der Waals surface area contributed by atoms with E-state index in [4.69, 9.17) is 4.74 Å². The molecule has 2 saturated carbocycles. The van der Waals surface area contributed by atoms with Crippen LogP contribution < -0.4 is 4.74 Å². The van der Waals surface area contributed by atoms with E-state index < -0.39 is 11.6 Å². The van der Waals surface area contributed by atoms with Crippen molar-refractivity contribution in [2.45, 2.75) is 83.5 Å². The van der Waals surface area contributed by atoms with Crippen molar-refractivity contribution < 1.29 is 13.5 Å². The molecule has 32 heavy (non-hydrogen) atoms. The van der Waals surface area contributed by atoms with Crippen LogP contribution in [0.2, 0.25) is 0 Å². The van der Waals surface area contributed by atoms with Crippen LogP contribution in [0.5, 0.6) is 5.75 Å². The molecule has 1 unspecified atom stereocenters. The highest BCUT2D eigenvalue weighted by Crippen LogP contribution is 2.49. The van der Waals surface area contributed by atoms with Gasteiger partial charge in [-0.2, -0.15) is 0 Å². The number of halogens is 2. The first kappa shape index (κ1) is 23.3. The molecule has 0 aromatic heterocycles. The highest BCUT2D eigenvalue weighted by atomic mass is 19.1. The molecule has 0 aliphatic heterocycles. The minimum absolute atomic E-state index is 0.0636. The summed E-state index contributed by atoms with van der Waals surface area (Å²) in [5.74, 6) is 2.51. The molecule has 4 atom stereocenters. The lowest BCUT2D eigenvalue weighted by Crippen LogP contribution is -2.30. The van der Waals surface area contributed by atoms with Gasteiger partial charge in [0.15, 0.2) is 0 Å². The van der Waals surface area contributed by atoms with Gasteiger partial charge in [0.2, 0.25) is 0 Å². The van der Waals surface area contributed by atoms with Gasteiger partial charge in [-0.15, -0.1) is 0 Å². The second-order valence-electron chi connectivity index (χ2n) is 10.1. The van der Waals surface area contributed by atoms with Gasteiger partial charge in [0.1, 0.15) is 17.4 Å². The van der Waals surface area contributed by atoms with Gasteiger partial charge in [-0.05, 0) is 91.2 Å². The molecule has 2 aliphatic carbocycles. The van der Waals surface area contributed by atoms with Crippen LogP contribution in [0.3, 0.4) is 0 Å². The van der Waals surface area contributed by atoms with Crippen molar-refractivity contribution in [3.8, 4) is 16.9 Å². The Kier molecular flexibility index (Phi) is 7.86. The van der Waals surface area contributed by atoms with E-state index in [0.717, 1.165) is 36.2 Å². The van der Waals surface area contributed by atoms with E-state index in [0.29, 0.717) is 11.3 Å². The normalized spacial score (nSPS) is 25.4. The molecule has 0 radical (unpaired) electrons. The number of ether oxygens (including phenoxy) is 1. The molecule has 0 N–H and O–H groups in total. The van der Waals surface area contributed by atoms with Gasteiger partial charge in [0, 0.05) is 0 Å².